The van der Waals surface area contributed by atoms with Gasteiger partial charge in [0.05, 0.1) is 6.20 Å². The predicted octanol–water partition coefficient (Wildman–Crippen LogP) is 4.58. The topological polar surface area (TPSA) is 21.1 Å². The Kier molecular flexibility index (Phi) is 8.18. The molecule has 3 nitrogen and oxygen atoms in total. The van der Waals surface area contributed by atoms with E-state index >= 15 is 0 Å². The van der Waals surface area contributed by atoms with Crippen molar-refractivity contribution in [2.75, 3.05) is 18.0 Å². The van der Waals surface area contributed by atoms with E-state index in [1.807, 2.05) is 6.20 Å². The van der Waals surface area contributed by atoms with Crippen molar-refractivity contribution < 1.29 is 0 Å². The quantitative estimate of drug-likeness (QED) is 0.707. The van der Waals surface area contributed by atoms with Crippen LogP contribution in [0.2, 0.25) is 0 Å². The van der Waals surface area contributed by atoms with Gasteiger partial charge in [0, 0.05) is 25.3 Å². The molecule has 1 aliphatic rings. The molecule has 2 aromatic rings. The number of rotatable bonds is 4. The van der Waals surface area contributed by atoms with E-state index in [1.165, 1.54) is 30.5 Å². The van der Waals surface area contributed by atoms with Gasteiger partial charge in [-0.05, 0) is 38.2 Å². The highest BCUT2D eigenvalue weighted by atomic mass is 79.9. The second-order valence-corrected chi connectivity index (χ2v) is 5.63. The smallest absolute Gasteiger partial charge is 0.205 e. The molecule has 0 spiro atoms. The predicted molar refractivity (Wildman–Crippen MR) is 104 cm³/mol. The third-order valence-electron chi connectivity index (χ3n) is 4.14. The lowest BCUT2D eigenvalue weighted by molar-refractivity contribution is 0.550. The minimum absolute atomic E-state index is 0. The van der Waals surface area contributed by atoms with E-state index in [1.54, 1.807) is 0 Å². The lowest BCUT2D eigenvalue weighted by atomic mass is 10.1. The van der Waals surface area contributed by atoms with E-state index in [0.29, 0.717) is 0 Å². The molecule has 1 saturated heterocycles. The molecule has 0 unspecified atom stereocenters. The van der Waals surface area contributed by atoms with Crippen LogP contribution in [-0.2, 0) is 13.0 Å². The number of aryl methyl sites for hydroxylation is 2. The Hall–Kier alpha value is -0.810. The van der Waals surface area contributed by atoms with Gasteiger partial charge in [0.25, 0.3) is 0 Å². The molecule has 1 aromatic heterocycles. The van der Waals surface area contributed by atoms with Crippen LogP contribution in [0.3, 0.4) is 0 Å². The first kappa shape index (κ1) is 19.2. The molecule has 1 aromatic carbocycles. The van der Waals surface area contributed by atoms with E-state index in [9.17, 15) is 0 Å². The second kappa shape index (κ2) is 9.36. The first-order chi connectivity index (χ1) is 9.84. The number of aromatic nitrogens is 2. The largest absolute Gasteiger partial charge is 0.342 e. The first-order valence-corrected chi connectivity index (χ1v) is 7.65. The molecule has 0 atom stereocenters. The maximum absolute atomic E-state index is 4.64. The summed E-state index contributed by atoms with van der Waals surface area (Å²) in [5.41, 5.74) is 2.66. The van der Waals surface area contributed by atoms with Gasteiger partial charge >= 0.3 is 0 Å². The number of hydrogen-bond acceptors (Lipinski definition) is 2. The summed E-state index contributed by atoms with van der Waals surface area (Å²) in [6.45, 7) is 5.48. The number of imidazole rings is 1. The lowest BCUT2D eigenvalue weighted by Crippen LogP contribution is -2.32. The molecular formula is C17H25Br2N3. The summed E-state index contributed by atoms with van der Waals surface area (Å²) in [5, 5.41) is 0. The van der Waals surface area contributed by atoms with Gasteiger partial charge in [-0.1, -0.05) is 30.3 Å². The standard InChI is InChI=1S/C17H23N3.2BrH/c1-15-14-18-17(19-11-6-3-7-12-19)20(15)13-10-16-8-4-2-5-9-16;;/h2,4-5,8-9,14H,3,6-7,10-13H2,1H3;2*1H. The average molecular weight is 431 g/mol. The van der Waals surface area contributed by atoms with Crippen LogP contribution in [0, 0.1) is 6.92 Å². The Balaban J connectivity index is 0.00000121. The Bertz CT molecular complexity index is 548. The van der Waals surface area contributed by atoms with Gasteiger partial charge in [-0.25, -0.2) is 4.98 Å². The van der Waals surface area contributed by atoms with Crippen LogP contribution in [0.4, 0.5) is 5.95 Å². The Labute approximate surface area is 154 Å². The van der Waals surface area contributed by atoms with E-state index in [0.717, 1.165) is 32.0 Å². The van der Waals surface area contributed by atoms with Crippen LogP contribution in [0.15, 0.2) is 36.5 Å². The van der Waals surface area contributed by atoms with Crippen molar-refractivity contribution in [2.45, 2.75) is 39.2 Å². The maximum atomic E-state index is 4.64. The molecule has 0 bridgehead atoms. The van der Waals surface area contributed by atoms with Gasteiger partial charge in [-0.3, -0.25) is 0 Å². The third-order valence-corrected chi connectivity index (χ3v) is 4.14. The zero-order valence-electron chi connectivity index (χ0n) is 13.1. The minimum Gasteiger partial charge on any atom is -0.342 e. The SMILES string of the molecule is Br.Br.Cc1cnc(N2CCCCC2)n1CCc1ccccc1. The Morgan fingerprint density at radius 3 is 2.36 bits per heavy atom. The average Bonchev–Trinajstić information content (AvgIpc) is 2.88. The second-order valence-electron chi connectivity index (χ2n) is 5.63. The summed E-state index contributed by atoms with van der Waals surface area (Å²) in [4.78, 5) is 7.09. The summed E-state index contributed by atoms with van der Waals surface area (Å²) in [6.07, 6.45) is 7.03. The molecule has 0 saturated carbocycles. The van der Waals surface area contributed by atoms with E-state index in [2.05, 4.69) is 51.7 Å². The number of nitrogens with zero attached hydrogens (tertiary/aromatic N) is 3. The summed E-state index contributed by atoms with van der Waals surface area (Å²) >= 11 is 0. The van der Waals surface area contributed by atoms with Crippen molar-refractivity contribution in [3.05, 3.63) is 47.8 Å². The molecule has 0 aliphatic carbocycles. The highest BCUT2D eigenvalue weighted by molar-refractivity contribution is 8.93. The van der Waals surface area contributed by atoms with Gasteiger partial charge in [-0.15, -0.1) is 34.0 Å². The van der Waals surface area contributed by atoms with E-state index in [-0.39, 0.29) is 34.0 Å². The molecule has 3 rings (SSSR count). The number of benzene rings is 1. The Morgan fingerprint density at radius 2 is 1.68 bits per heavy atom. The van der Waals surface area contributed by atoms with Crippen LogP contribution in [0.25, 0.3) is 0 Å². The fourth-order valence-electron chi connectivity index (χ4n) is 2.96. The van der Waals surface area contributed by atoms with Gasteiger partial charge in [0.2, 0.25) is 5.95 Å². The summed E-state index contributed by atoms with van der Waals surface area (Å²) in [5.74, 6) is 1.16. The molecule has 1 fully saturated rings. The van der Waals surface area contributed by atoms with Crippen molar-refractivity contribution in [3.63, 3.8) is 0 Å². The Morgan fingerprint density at radius 1 is 1.00 bits per heavy atom. The van der Waals surface area contributed by atoms with Gasteiger partial charge in [0.1, 0.15) is 0 Å². The molecule has 0 amide bonds. The van der Waals surface area contributed by atoms with Crippen LogP contribution in [0.5, 0.6) is 0 Å². The van der Waals surface area contributed by atoms with Gasteiger partial charge < -0.3 is 9.47 Å². The van der Waals surface area contributed by atoms with Gasteiger partial charge in [0.15, 0.2) is 0 Å². The summed E-state index contributed by atoms with van der Waals surface area (Å²) in [6, 6.07) is 10.7. The van der Waals surface area contributed by atoms with E-state index in [4.69, 9.17) is 0 Å². The van der Waals surface area contributed by atoms with Crippen LogP contribution in [0.1, 0.15) is 30.5 Å². The zero-order valence-corrected chi connectivity index (χ0v) is 16.5. The molecular weight excluding hydrogens is 406 g/mol. The summed E-state index contributed by atoms with van der Waals surface area (Å²) < 4.78 is 2.37. The van der Waals surface area contributed by atoms with Crippen LogP contribution < -0.4 is 4.90 Å². The number of halogens is 2. The zero-order chi connectivity index (χ0) is 13.8. The van der Waals surface area contributed by atoms with Crippen molar-refractivity contribution >= 4 is 39.9 Å². The fraction of sp³-hybridized carbons (Fsp3) is 0.471. The minimum atomic E-state index is 0. The van der Waals surface area contributed by atoms with Crippen molar-refractivity contribution in [1.29, 1.82) is 0 Å². The molecule has 0 N–H and O–H groups in total. The molecule has 0 radical (unpaired) electrons. The highest BCUT2D eigenvalue weighted by Gasteiger charge is 2.17. The monoisotopic (exact) mass is 429 g/mol. The first-order valence-electron chi connectivity index (χ1n) is 7.65. The third kappa shape index (κ3) is 4.59. The lowest BCUT2D eigenvalue weighted by Gasteiger charge is -2.28. The van der Waals surface area contributed by atoms with E-state index < -0.39 is 0 Å². The van der Waals surface area contributed by atoms with Crippen molar-refractivity contribution in [1.82, 2.24) is 9.55 Å². The van der Waals surface area contributed by atoms with Crippen LogP contribution in [-0.4, -0.2) is 22.6 Å². The summed E-state index contributed by atoms with van der Waals surface area (Å²) in [7, 11) is 0. The fourth-order valence-corrected chi connectivity index (χ4v) is 2.96. The highest BCUT2D eigenvalue weighted by Crippen LogP contribution is 2.20. The molecule has 22 heavy (non-hydrogen) atoms. The van der Waals surface area contributed by atoms with Gasteiger partial charge in [-0.2, -0.15) is 0 Å². The molecule has 5 heteroatoms. The molecule has 122 valence electrons. The molecule has 1 aliphatic heterocycles. The maximum Gasteiger partial charge on any atom is 0.205 e. The number of anilines is 1. The van der Waals surface area contributed by atoms with Crippen molar-refractivity contribution in [3.8, 4) is 0 Å². The molecule has 2 heterocycles. The van der Waals surface area contributed by atoms with Crippen LogP contribution >= 0.6 is 34.0 Å². The number of piperidine rings is 1. The van der Waals surface area contributed by atoms with Crippen molar-refractivity contribution in [2.24, 2.45) is 0 Å². The number of hydrogen-bond donors (Lipinski definition) is 0. The normalized spacial score (nSPS) is 14.1.